The summed E-state index contributed by atoms with van der Waals surface area (Å²) in [5, 5.41) is 10.7. The lowest BCUT2D eigenvalue weighted by molar-refractivity contribution is -0.141. The number of hydrogen-bond acceptors (Lipinski definition) is 10. The van der Waals surface area contributed by atoms with Crippen LogP contribution in [0.4, 0.5) is 18.9 Å². The zero-order chi connectivity index (χ0) is 38.9. The van der Waals surface area contributed by atoms with E-state index in [1.165, 1.54) is 19.2 Å². The maximum atomic E-state index is 13.1. The lowest BCUT2D eigenvalue weighted by Crippen LogP contribution is -2.51. The van der Waals surface area contributed by atoms with Gasteiger partial charge in [0, 0.05) is 43.0 Å². The molecule has 7 rings (SSSR count). The fraction of sp³-hybridized carbons (Fsp3) is 0.368. The molecule has 0 radical (unpaired) electrons. The Kier molecular flexibility index (Phi) is 10.6. The molecule has 2 saturated heterocycles. The van der Waals surface area contributed by atoms with Crippen molar-refractivity contribution >= 4 is 40.2 Å². The van der Waals surface area contributed by atoms with Crippen LogP contribution in [-0.2, 0) is 15.7 Å². The van der Waals surface area contributed by atoms with E-state index in [4.69, 9.17) is 19.3 Å². The Morgan fingerprint density at radius 1 is 1.00 bits per heavy atom. The first-order chi connectivity index (χ1) is 26.4. The van der Waals surface area contributed by atoms with Crippen molar-refractivity contribution in [1.82, 2.24) is 29.9 Å². The summed E-state index contributed by atoms with van der Waals surface area (Å²) in [4.78, 5) is 58.1. The van der Waals surface area contributed by atoms with E-state index in [0.29, 0.717) is 48.8 Å². The summed E-state index contributed by atoms with van der Waals surface area (Å²) in [6, 6.07) is 10.4. The monoisotopic (exact) mass is 761 g/mol. The van der Waals surface area contributed by atoms with Gasteiger partial charge in [-0.25, -0.2) is 4.98 Å². The smallest absolute Gasteiger partial charge is 0.433 e. The molecule has 288 valence electrons. The minimum atomic E-state index is -4.68. The van der Waals surface area contributed by atoms with Crippen LogP contribution < -0.4 is 20.1 Å². The minimum absolute atomic E-state index is 0.137. The third kappa shape index (κ3) is 8.02. The quantitative estimate of drug-likeness (QED) is 0.151. The summed E-state index contributed by atoms with van der Waals surface area (Å²) in [6.45, 7) is 7.17. The Bertz CT molecular complexity index is 2160. The second-order valence-electron chi connectivity index (χ2n) is 13.4. The molecule has 55 heavy (non-hydrogen) atoms. The summed E-state index contributed by atoms with van der Waals surface area (Å²) in [5.74, 6) is -1.51. The number of aromatic nitrogens is 3. The number of alkyl halides is 3. The maximum absolute atomic E-state index is 13.1. The van der Waals surface area contributed by atoms with Gasteiger partial charge < -0.3 is 29.7 Å². The number of amides is 4. The largest absolute Gasteiger partial charge is 0.494 e. The number of hydrogen-bond donors (Lipinski definition) is 2. The Morgan fingerprint density at radius 2 is 1.78 bits per heavy atom. The fourth-order valence-corrected chi connectivity index (χ4v) is 6.97. The molecule has 2 aromatic carbocycles. The number of methoxy groups -OCH3 is 1. The predicted octanol–water partition coefficient (Wildman–Crippen LogP) is 4.83. The molecular formula is C38H38F3N7O7. The highest BCUT2D eigenvalue weighted by Crippen LogP contribution is 2.34. The lowest BCUT2D eigenvalue weighted by atomic mass is 10.0. The Hall–Kier alpha value is -5.81. The molecule has 14 nitrogen and oxygen atoms in total. The van der Waals surface area contributed by atoms with Crippen molar-refractivity contribution in [1.29, 1.82) is 0 Å². The number of halogens is 3. The highest BCUT2D eigenvalue weighted by atomic mass is 19.4. The van der Waals surface area contributed by atoms with Crippen molar-refractivity contribution in [3.63, 3.8) is 0 Å². The molecule has 3 aliphatic rings. The second kappa shape index (κ2) is 15.5. The van der Waals surface area contributed by atoms with E-state index in [0.717, 1.165) is 54.9 Å². The number of likely N-dealkylation sites (tertiary alicyclic amines) is 1. The number of anilines is 1. The van der Waals surface area contributed by atoms with Gasteiger partial charge in [-0.2, -0.15) is 18.3 Å². The van der Waals surface area contributed by atoms with Crippen LogP contribution in [0.25, 0.3) is 10.9 Å². The Balaban J connectivity index is 0.854. The highest BCUT2D eigenvalue weighted by molar-refractivity contribution is 6.23. The van der Waals surface area contributed by atoms with E-state index < -0.39 is 41.5 Å². The SMILES string of the molecule is C=C1CCC(N2C(=O)c3ccc(OCCOCCN4CCC(n5cc6cc(NC(=O)c7cccc(C(F)(F)F)n7)c(OC)cc6n5)CC4)cc3C2=O)C(=O)N1. The van der Waals surface area contributed by atoms with Gasteiger partial charge in [0.1, 0.15) is 35.5 Å². The molecule has 2 N–H and O–H groups in total. The fourth-order valence-electron chi connectivity index (χ4n) is 6.97. The van der Waals surface area contributed by atoms with E-state index >= 15 is 0 Å². The predicted molar refractivity (Wildman–Crippen MR) is 192 cm³/mol. The van der Waals surface area contributed by atoms with Crippen LogP contribution in [0.1, 0.15) is 68.6 Å². The van der Waals surface area contributed by atoms with E-state index in [-0.39, 0.29) is 35.2 Å². The van der Waals surface area contributed by atoms with E-state index in [9.17, 15) is 32.3 Å². The number of pyridine rings is 1. The van der Waals surface area contributed by atoms with Gasteiger partial charge in [-0.05, 0) is 62.1 Å². The molecule has 0 bridgehead atoms. The number of carbonyl (C=O) groups excluding carboxylic acids is 4. The van der Waals surface area contributed by atoms with E-state index in [2.05, 4.69) is 27.1 Å². The standard InChI is InChI=1S/C38H38F3N7O7/c1-22-6-9-31(35(50)42-22)48-36(51)26-8-7-25(19-27(26)37(48)52)55-17-16-54-15-14-46-12-10-24(11-13-46)47-21-23-18-30(32(53-2)20-29(23)45-47)44-34(49)28-4-3-5-33(43-28)38(39,40)41/h3-5,7-8,18-21,24,31H,1,6,9-17H2,2H3,(H,42,50)(H,44,49). The van der Waals surface area contributed by atoms with Crippen molar-refractivity contribution in [3.05, 3.63) is 89.5 Å². The molecule has 4 amide bonds. The average molecular weight is 762 g/mol. The summed E-state index contributed by atoms with van der Waals surface area (Å²) in [7, 11) is 1.43. The molecule has 2 fully saturated rings. The normalized spacial score (nSPS) is 18.1. The first-order valence-electron chi connectivity index (χ1n) is 17.8. The van der Waals surface area contributed by atoms with Crippen LogP contribution in [0, 0.1) is 0 Å². The number of ether oxygens (including phenoxy) is 3. The Labute approximate surface area is 313 Å². The van der Waals surface area contributed by atoms with Gasteiger partial charge in [0.05, 0.1) is 48.7 Å². The highest BCUT2D eigenvalue weighted by Gasteiger charge is 2.44. The topological polar surface area (TPSA) is 157 Å². The zero-order valence-corrected chi connectivity index (χ0v) is 29.9. The van der Waals surface area contributed by atoms with Crippen molar-refractivity contribution in [3.8, 4) is 11.5 Å². The number of benzene rings is 2. The molecule has 1 atom stereocenters. The van der Waals surface area contributed by atoms with Gasteiger partial charge >= 0.3 is 6.18 Å². The number of imide groups is 1. The average Bonchev–Trinajstić information content (AvgIpc) is 3.69. The summed E-state index contributed by atoms with van der Waals surface area (Å²) >= 11 is 0. The Morgan fingerprint density at radius 3 is 2.53 bits per heavy atom. The molecule has 1 unspecified atom stereocenters. The molecule has 0 aliphatic carbocycles. The molecule has 3 aliphatic heterocycles. The van der Waals surface area contributed by atoms with Crippen molar-refractivity contribution in [2.75, 3.05) is 51.9 Å². The van der Waals surface area contributed by atoms with Crippen LogP contribution in [0.2, 0.25) is 0 Å². The van der Waals surface area contributed by atoms with Crippen LogP contribution >= 0.6 is 0 Å². The third-order valence-electron chi connectivity index (χ3n) is 9.87. The van der Waals surface area contributed by atoms with Crippen LogP contribution in [-0.4, -0.2) is 101 Å². The maximum Gasteiger partial charge on any atom is 0.433 e. The molecule has 5 heterocycles. The lowest BCUT2D eigenvalue weighted by Gasteiger charge is -2.31. The number of piperidine rings is 2. The molecular weight excluding hydrogens is 723 g/mol. The number of nitrogens with one attached hydrogen (secondary N) is 2. The van der Waals surface area contributed by atoms with Gasteiger partial charge in [-0.1, -0.05) is 12.6 Å². The molecule has 17 heteroatoms. The van der Waals surface area contributed by atoms with Gasteiger partial charge in [0.15, 0.2) is 0 Å². The zero-order valence-electron chi connectivity index (χ0n) is 29.9. The summed E-state index contributed by atoms with van der Waals surface area (Å²) in [6.07, 6.45) is -0.290. The van der Waals surface area contributed by atoms with Crippen molar-refractivity contribution in [2.24, 2.45) is 0 Å². The van der Waals surface area contributed by atoms with Gasteiger partial charge in [-0.3, -0.25) is 28.8 Å². The number of allylic oxidation sites excluding steroid dienone is 1. The van der Waals surface area contributed by atoms with E-state index in [1.54, 1.807) is 24.3 Å². The van der Waals surface area contributed by atoms with Crippen LogP contribution in [0.15, 0.2) is 67.0 Å². The molecule has 4 aromatic rings. The minimum Gasteiger partial charge on any atom is -0.494 e. The number of fused-ring (bicyclic) bond motifs is 2. The van der Waals surface area contributed by atoms with Gasteiger partial charge in [0.25, 0.3) is 17.7 Å². The third-order valence-corrected chi connectivity index (χ3v) is 9.87. The summed E-state index contributed by atoms with van der Waals surface area (Å²) in [5.41, 5.74) is 0.401. The number of rotatable bonds is 12. The molecule has 2 aromatic heterocycles. The first-order valence-corrected chi connectivity index (χ1v) is 17.8. The second-order valence-corrected chi connectivity index (χ2v) is 13.4. The molecule has 0 saturated carbocycles. The number of carbonyl (C=O) groups is 4. The van der Waals surface area contributed by atoms with Gasteiger partial charge in [-0.15, -0.1) is 0 Å². The molecule has 0 spiro atoms. The first kappa shape index (κ1) is 37.5. The van der Waals surface area contributed by atoms with Crippen LogP contribution in [0.3, 0.4) is 0 Å². The van der Waals surface area contributed by atoms with Gasteiger partial charge in [0.2, 0.25) is 5.91 Å². The summed E-state index contributed by atoms with van der Waals surface area (Å²) < 4.78 is 58.3. The van der Waals surface area contributed by atoms with Crippen molar-refractivity contribution < 1.29 is 46.6 Å². The van der Waals surface area contributed by atoms with E-state index in [1.807, 2.05) is 10.9 Å². The van der Waals surface area contributed by atoms with Crippen molar-refractivity contribution in [2.45, 2.75) is 43.9 Å². The van der Waals surface area contributed by atoms with Crippen LogP contribution in [0.5, 0.6) is 11.5 Å². The number of nitrogens with zero attached hydrogens (tertiary/aromatic N) is 5.